The summed E-state index contributed by atoms with van der Waals surface area (Å²) in [5.74, 6) is 0. The van der Waals surface area contributed by atoms with E-state index in [9.17, 15) is 9.90 Å². The van der Waals surface area contributed by atoms with Crippen molar-refractivity contribution in [2.45, 2.75) is 39.3 Å². The lowest BCUT2D eigenvalue weighted by molar-refractivity contribution is 0.0414. The highest BCUT2D eigenvalue weighted by atomic mass is 16.4. The number of nitrogens with one attached hydrogen (secondary N) is 1. The van der Waals surface area contributed by atoms with Gasteiger partial charge >= 0.3 is 6.09 Å². The van der Waals surface area contributed by atoms with Crippen molar-refractivity contribution in [1.29, 1.82) is 0 Å². The van der Waals surface area contributed by atoms with Gasteiger partial charge in [-0.15, -0.1) is 0 Å². The normalized spacial score (nSPS) is 23.6. The minimum atomic E-state index is -0.815. The molecule has 4 heteroatoms. The number of hydrogen-bond acceptors (Lipinski definition) is 2. The van der Waals surface area contributed by atoms with Gasteiger partial charge in [0.15, 0.2) is 0 Å². The molecule has 2 atom stereocenters. The second-order valence-electron chi connectivity index (χ2n) is 6.54. The van der Waals surface area contributed by atoms with Crippen molar-refractivity contribution >= 4 is 6.09 Å². The number of piperazine rings is 1. The maximum absolute atomic E-state index is 11.5. The predicted molar refractivity (Wildman–Crippen MR) is 79.9 cm³/mol. The lowest BCUT2D eigenvalue weighted by Gasteiger charge is -2.47. The highest BCUT2D eigenvalue weighted by Gasteiger charge is 2.41. The van der Waals surface area contributed by atoms with Gasteiger partial charge in [0.1, 0.15) is 0 Å². The standard InChI is InChI=1S/C16H24N2O2/c1-16(2,3)14-13(11-12-7-5-4-6-8-12)17-9-10-18(14)15(19)20/h4-8,13-14,17H,9-11H2,1-3H3,(H,19,20). The van der Waals surface area contributed by atoms with Gasteiger partial charge in [0, 0.05) is 19.1 Å². The molecule has 1 aromatic rings. The Morgan fingerprint density at radius 1 is 1.35 bits per heavy atom. The van der Waals surface area contributed by atoms with Gasteiger partial charge in [-0.05, 0) is 17.4 Å². The Morgan fingerprint density at radius 3 is 2.55 bits per heavy atom. The largest absolute Gasteiger partial charge is 0.465 e. The molecule has 1 aliphatic rings. The molecule has 0 aliphatic carbocycles. The van der Waals surface area contributed by atoms with Crippen molar-refractivity contribution in [3.8, 4) is 0 Å². The highest BCUT2D eigenvalue weighted by Crippen LogP contribution is 2.30. The zero-order valence-electron chi connectivity index (χ0n) is 12.5. The van der Waals surface area contributed by atoms with Crippen LogP contribution in [0.1, 0.15) is 26.3 Å². The van der Waals surface area contributed by atoms with E-state index in [2.05, 4.69) is 38.2 Å². The van der Waals surface area contributed by atoms with E-state index in [1.165, 1.54) is 5.56 Å². The van der Waals surface area contributed by atoms with Crippen LogP contribution in [0.25, 0.3) is 0 Å². The minimum absolute atomic E-state index is 0.0195. The second kappa shape index (κ2) is 5.83. The summed E-state index contributed by atoms with van der Waals surface area (Å²) in [5.41, 5.74) is 1.15. The molecule has 4 nitrogen and oxygen atoms in total. The quantitative estimate of drug-likeness (QED) is 0.873. The molecule has 2 N–H and O–H groups in total. The number of amides is 1. The lowest BCUT2D eigenvalue weighted by Crippen LogP contribution is -2.64. The summed E-state index contributed by atoms with van der Waals surface area (Å²) >= 11 is 0. The van der Waals surface area contributed by atoms with Gasteiger partial charge in [0.05, 0.1) is 6.04 Å². The van der Waals surface area contributed by atoms with Crippen molar-refractivity contribution in [3.63, 3.8) is 0 Å². The summed E-state index contributed by atoms with van der Waals surface area (Å²) in [6.07, 6.45) is 0.0384. The first-order valence-electron chi connectivity index (χ1n) is 7.16. The van der Waals surface area contributed by atoms with Gasteiger partial charge < -0.3 is 15.3 Å². The molecule has 1 fully saturated rings. The van der Waals surface area contributed by atoms with Gasteiger partial charge in [0.25, 0.3) is 0 Å². The Hall–Kier alpha value is -1.55. The number of carboxylic acid groups (broad SMARTS) is 1. The topological polar surface area (TPSA) is 52.6 Å². The number of hydrogen-bond donors (Lipinski definition) is 2. The van der Waals surface area contributed by atoms with Crippen molar-refractivity contribution in [2.24, 2.45) is 5.41 Å². The van der Waals surface area contributed by atoms with Crippen LogP contribution in [0.4, 0.5) is 4.79 Å². The Morgan fingerprint density at radius 2 is 2.00 bits per heavy atom. The maximum atomic E-state index is 11.5. The molecule has 1 saturated heterocycles. The van der Waals surface area contributed by atoms with E-state index in [0.717, 1.165) is 13.0 Å². The molecular formula is C16H24N2O2. The molecule has 0 bridgehead atoms. The summed E-state index contributed by atoms with van der Waals surface area (Å²) in [5, 5.41) is 13.0. The van der Waals surface area contributed by atoms with Crippen LogP contribution in [0.5, 0.6) is 0 Å². The summed E-state index contributed by atoms with van der Waals surface area (Å²) < 4.78 is 0. The molecule has 110 valence electrons. The van der Waals surface area contributed by atoms with Gasteiger partial charge in [0.2, 0.25) is 0 Å². The van der Waals surface area contributed by atoms with E-state index in [-0.39, 0.29) is 17.5 Å². The van der Waals surface area contributed by atoms with Crippen molar-refractivity contribution in [3.05, 3.63) is 35.9 Å². The van der Waals surface area contributed by atoms with Crippen LogP contribution in [0.2, 0.25) is 0 Å². The number of benzene rings is 1. The van der Waals surface area contributed by atoms with Gasteiger partial charge in [-0.3, -0.25) is 0 Å². The molecule has 1 aromatic carbocycles. The van der Waals surface area contributed by atoms with Crippen LogP contribution in [0, 0.1) is 5.41 Å². The number of carbonyl (C=O) groups is 1. The number of nitrogens with zero attached hydrogens (tertiary/aromatic N) is 1. The zero-order chi connectivity index (χ0) is 14.8. The molecule has 1 amide bonds. The van der Waals surface area contributed by atoms with Crippen LogP contribution in [-0.4, -0.2) is 41.3 Å². The third kappa shape index (κ3) is 3.31. The summed E-state index contributed by atoms with van der Waals surface area (Å²) in [4.78, 5) is 13.1. The zero-order valence-corrected chi connectivity index (χ0v) is 12.5. The summed E-state index contributed by atoms with van der Waals surface area (Å²) in [6, 6.07) is 10.4. The first-order valence-corrected chi connectivity index (χ1v) is 7.16. The Balaban J connectivity index is 2.22. The SMILES string of the molecule is CC(C)(C)C1C(Cc2ccccc2)NCCN1C(=O)O. The molecule has 2 unspecified atom stereocenters. The van der Waals surface area contributed by atoms with Gasteiger partial charge in [-0.2, -0.15) is 0 Å². The van der Waals surface area contributed by atoms with E-state index in [0.29, 0.717) is 6.54 Å². The van der Waals surface area contributed by atoms with E-state index < -0.39 is 6.09 Å². The molecule has 0 radical (unpaired) electrons. The van der Waals surface area contributed by atoms with E-state index in [4.69, 9.17) is 0 Å². The molecule has 0 saturated carbocycles. The number of rotatable bonds is 2. The van der Waals surface area contributed by atoms with Crippen LogP contribution in [0.3, 0.4) is 0 Å². The average molecular weight is 276 g/mol. The van der Waals surface area contributed by atoms with Gasteiger partial charge in [-0.25, -0.2) is 4.79 Å². The molecule has 0 spiro atoms. The van der Waals surface area contributed by atoms with Crippen molar-refractivity contribution in [1.82, 2.24) is 10.2 Å². The van der Waals surface area contributed by atoms with Crippen LogP contribution in [-0.2, 0) is 6.42 Å². The third-order valence-electron chi connectivity index (χ3n) is 3.91. The molecular weight excluding hydrogens is 252 g/mol. The maximum Gasteiger partial charge on any atom is 0.407 e. The Kier molecular flexibility index (Phi) is 4.33. The third-order valence-corrected chi connectivity index (χ3v) is 3.91. The average Bonchev–Trinajstić information content (AvgIpc) is 2.38. The molecule has 1 aliphatic heterocycles. The van der Waals surface area contributed by atoms with Crippen LogP contribution in [0.15, 0.2) is 30.3 Å². The first kappa shape index (κ1) is 14.9. The summed E-state index contributed by atoms with van der Waals surface area (Å²) in [6.45, 7) is 7.61. The van der Waals surface area contributed by atoms with Crippen molar-refractivity contribution in [2.75, 3.05) is 13.1 Å². The van der Waals surface area contributed by atoms with Crippen LogP contribution < -0.4 is 5.32 Å². The van der Waals surface area contributed by atoms with Crippen LogP contribution >= 0.6 is 0 Å². The van der Waals surface area contributed by atoms with E-state index in [1.807, 2.05) is 18.2 Å². The first-order chi connectivity index (χ1) is 9.39. The molecule has 0 aromatic heterocycles. The van der Waals surface area contributed by atoms with E-state index in [1.54, 1.807) is 4.90 Å². The highest BCUT2D eigenvalue weighted by molar-refractivity contribution is 5.66. The fraction of sp³-hybridized carbons (Fsp3) is 0.562. The Bertz CT molecular complexity index is 453. The molecule has 20 heavy (non-hydrogen) atoms. The Labute approximate surface area is 120 Å². The minimum Gasteiger partial charge on any atom is -0.465 e. The van der Waals surface area contributed by atoms with Gasteiger partial charge in [-0.1, -0.05) is 51.1 Å². The summed E-state index contributed by atoms with van der Waals surface area (Å²) in [7, 11) is 0. The molecule has 1 heterocycles. The lowest BCUT2D eigenvalue weighted by atomic mass is 9.78. The van der Waals surface area contributed by atoms with E-state index >= 15 is 0 Å². The fourth-order valence-electron chi connectivity index (χ4n) is 3.18. The van der Waals surface area contributed by atoms with Crippen molar-refractivity contribution < 1.29 is 9.90 Å². The second-order valence-corrected chi connectivity index (χ2v) is 6.54. The monoisotopic (exact) mass is 276 g/mol. The molecule has 2 rings (SSSR count). The fourth-order valence-corrected chi connectivity index (χ4v) is 3.18. The predicted octanol–water partition coefficient (Wildman–Crippen LogP) is 2.60. The smallest absolute Gasteiger partial charge is 0.407 e.